The molecule has 8 heteroatoms. The highest BCUT2D eigenvalue weighted by Gasteiger charge is 2.19. The first kappa shape index (κ1) is 14.9. The maximum Gasteiger partial charge on any atom is 0.339 e. The first-order valence-corrected chi connectivity index (χ1v) is 7.15. The standard InChI is InChI=1S/C13H10FNO5S/c1-9-2-5-11(6-3-9)21(18,19)20-10-4-7-13(15(16)17)12(14)8-10/h2-8H,1H3. The molecule has 0 fully saturated rings. The molecule has 0 saturated heterocycles. The molecule has 0 unspecified atom stereocenters. The molecule has 0 saturated carbocycles. The van der Waals surface area contributed by atoms with Crippen LogP contribution in [0.3, 0.4) is 0 Å². The molecule has 0 aromatic heterocycles. The first-order valence-electron chi connectivity index (χ1n) is 5.75. The minimum Gasteiger partial charge on any atom is -0.379 e. The summed E-state index contributed by atoms with van der Waals surface area (Å²) in [4.78, 5) is 9.48. The lowest BCUT2D eigenvalue weighted by atomic mass is 10.2. The maximum atomic E-state index is 13.4. The van der Waals surface area contributed by atoms with Crippen LogP contribution in [0.4, 0.5) is 10.1 Å². The van der Waals surface area contributed by atoms with E-state index in [-0.39, 0.29) is 10.6 Å². The molecule has 110 valence electrons. The second-order valence-corrected chi connectivity index (χ2v) is 5.77. The van der Waals surface area contributed by atoms with Crippen molar-refractivity contribution in [3.63, 3.8) is 0 Å². The smallest absolute Gasteiger partial charge is 0.339 e. The van der Waals surface area contributed by atoms with Crippen molar-refractivity contribution in [2.24, 2.45) is 0 Å². The summed E-state index contributed by atoms with van der Waals surface area (Å²) in [5, 5.41) is 10.5. The molecule has 0 spiro atoms. The predicted octanol–water partition coefficient (Wildman–Crippen LogP) is 2.81. The Morgan fingerprint density at radius 3 is 2.29 bits per heavy atom. The molecule has 2 aromatic rings. The van der Waals surface area contributed by atoms with Gasteiger partial charge in [0.05, 0.1) is 4.92 Å². The van der Waals surface area contributed by atoms with Gasteiger partial charge in [0.1, 0.15) is 10.6 Å². The van der Waals surface area contributed by atoms with E-state index in [2.05, 4.69) is 0 Å². The number of halogens is 1. The van der Waals surface area contributed by atoms with Gasteiger partial charge in [-0.15, -0.1) is 0 Å². The van der Waals surface area contributed by atoms with Gasteiger partial charge in [0, 0.05) is 12.1 Å². The van der Waals surface area contributed by atoms with Crippen molar-refractivity contribution in [1.82, 2.24) is 0 Å². The van der Waals surface area contributed by atoms with E-state index in [1.165, 1.54) is 12.1 Å². The van der Waals surface area contributed by atoms with E-state index in [1.807, 2.05) is 0 Å². The van der Waals surface area contributed by atoms with Crippen molar-refractivity contribution >= 4 is 15.8 Å². The van der Waals surface area contributed by atoms with Crippen molar-refractivity contribution in [3.05, 3.63) is 64.0 Å². The molecule has 0 atom stereocenters. The van der Waals surface area contributed by atoms with Gasteiger partial charge in [-0.3, -0.25) is 10.1 Å². The van der Waals surface area contributed by atoms with Gasteiger partial charge in [-0.05, 0) is 25.1 Å². The molecule has 21 heavy (non-hydrogen) atoms. The molecule has 2 rings (SSSR count). The Morgan fingerprint density at radius 1 is 1.14 bits per heavy atom. The number of hydrogen-bond acceptors (Lipinski definition) is 5. The van der Waals surface area contributed by atoms with Gasteiger partial charge in [0.15, 0.2) is 0 Å². The summed E-state index contributed by atoms with van der Waals surface area (Å²) in [6.45, 7) is 1.79. The third-order valence-corrected chi connectivity index (χ3v) is 3.89. The number of nitrogens with zero attached hydrogens (tertiary/aromatic N) is 1. The highest BCUT2D eigenvalue weighted by molar-refractivity contribution is 7.87. The molecule has 0 radical (unpaired) electrons. The molecule has 0 aliphatic rings. The zero-order valence-corrected chi connectivity index (χ0v) is 11.6. The van der Waals surface area contributed by atoms with E-state index in [0.717, 1.165) is 17.7 Å². The SMILES string of the molecule is Cc1ccc(S(=O)(=O)Oc2ccc([N+](=O)[O-])c(F)c2)cc1. The van der Waals surface area contributed by atoms with Crippen LogP contribution in [0.5, 0.6) is 5.75 Å². The number of benzene rings is 2. The van der Waals surface area contributed by atoms with Crippen LogP contribution in [0.15, 0.2) is 47.4 Å². The molecule has 0 heterocycles. The van der Waals surface area contributed by atoms with Gasteiger partial charge in [-0.2, -0.15) is 12.8 Å². The van der Waals surface area contributed by atoms with Crippen molar-refractivity contribution in [1.29, 1.82) is 0 Å². The quantitative estimate of drug-likeness (QED) is 0.492. The van der Waals surface area contributed by atoms with Gasteiger partial charge in [-0.1, -0.05) is 17.7 Å². The van der Waals surface area contributed by atoms with Crippen LogP contribution < -0.4 is 4.18 Å². The molecule has 6 nitrogen and oxygen atoms in total. The lowest BCUT2D eigenvalue weighted by Crippen LogP contribution is -2.10. The average Bonchev–Trinajstić information content (AvgIpc) is 2.38. The predicted molar refractivity (Wildman–Crippen MR) is 72.0 cm³/mol. The molecule has 0 aliphatic carbocycles. The summed E-state index contributed by atoms with van der Waals surface area (Å²) in [7, 11) is -4.12. The van der Waals surface area contributed by atoms with E-state index in [4.69, 9.17) is 4.18 Å². The molecule has 2 aromatic carbocycles. The second kappa shape index (κ2) is 5.49. The van der Waals surface area contributed by atoms with E-state index < -0.39 is 26.5 Å². The highest BCUT2D eigenvalue weighted by Crippen LogP contribution is 2.25. The molecule has 0 bridgehead atoms. The number of nitro benzene ring substituents is 1. The second-order valence-electron chi connectivity index (χ2n) is 4.22. The molecule has 0 amide bonds. The number of hydrogen-bond donors (Lipinski definition) is 0. The summed E-state index contributed by atoms with van der Waals surface area (Å²) in [5.41, 5.74) is 0.116. The van der Waals surface area contributed by atoms with E-state index >= 15 is 0 Å². The summed E-state index contributed by atoms with van der Waals surface area (Å²) in [6, 6.07) is 8.41. The fraction of sp³-hybridized carbons (Fsp3) is 0.0769. The summed E-state index contributed by atoms with van der Waals surface area (Å²) < 4.78 is 42.1. The number of nitro groups is 1. The van der Waals surface area contributed by atoms with Crippen LogP contribution in [-0.4, -0.2) is 13.3 Å². The summed E-state index contributed by atoms with van der Waals surface area (Å²) in [5.74, 6) is -1.50. The van der Waals surface area contributed by atoms with Crippen LogP contribution in [0.25, 0.3) is 0 Å². The Kier molecular flexibility index (Phi) is 3.90. The molecule has 0 aliphatic heterocycles. The summed E-state index contributed by atoms with van der Waals surface area (Å²) >= 11 is 0. The fourth-order valence-corrected chi connectivity index (χ4v) is 2.49. The Bertz CT molecular complexity index is 787. The van der Waals surface area contributed by atoms with Crippen molar-refractivity contribution in [2.45, 2.75) is 11.8 Å². The van der Waals surface area contributed by atoms with Crippen molar-refractivity contribution in [3.8, 4) is 5.75 Å². The topological polar surface area (TPSA) is 86.5 Å². The van der Waals surface area contributed by atoms with Crippen LogP contribution in [0.1, 0.15) is 5.56 Å². The Balaban J connectivity index is 2.31. The van der Waals surface area contributed by atoms with Gasteiger partial charge >= 0.3 is 15.8 Å². The lowest BCUT2D eigenvalue weighted by Gasteiger charge is -2.07. The van der Waals surface area contributed by atoms with Crippen LogP contribution in [-0.2, 0) is 10.1 Å². The third-order valence-electron chi connectivity index (χ3n) is 2.63. The zero-order valence-electron chi connectivity index (χ0n) is 10.8. The maximum absolute atomic E-state index is 13.4. The Labute approximate surface area is 120 Å². The largest absolute Gasteiger partial charge is 0.379 e. The van der Waals surface area contributed by atoms with Crippen molar-refractivity contribution in [2.75, 3.05) is 0 Å². The average molecular weight is 311 g/mol. The minimum absolute atomic E-state index is 0.0909. The zero-order chi connectivity index (χ0) is 15.6. The Morgan fingerprint density at radius 2 is 1.76 bits per heavy atom. The van der Waals surface area contributed by atoms with Crippen LogP contribution in [0.2, 0.25) is 0 Å². The van der Waals surface area contributed by atoms with Crippen LogP contribution >= 0.6 is 0 Å². The third kappa shape index (κ3) is 3.34. The normalized spacial score (nSPS) is 11.1. The molecular weight excluding hydrogens is 301 g/mol. The number of rotatable bonds is 4. The van der Waals surface area contributed by atoms with Gasteiger partial charge in [0.25, 0.3) is 0 Å². The Hall–Kier alpha value is -2.48. The van der Waals surface area contributed by atoms with Gasteiger partial charge in [-0.25, -0.2) is 0 Å². The van der Waals surface area contributed by atoms with E-state index in [0.29, 0.717) is 6.07 Å². The van der Waals surface area contributed by atoms with Crippen molar-refractivity contribution < 1.29 is 21.9 Å². The highest BCUT2D eigenvalue weighted by atomic mass is 32.2. The molecule has 0 N–H and O–H groups in total. The van der Waals surface area contributed by atoms with E-state index in [9.17, 15) is 22.9 Å². The minimum atomic E-state index is -4.12. The summed E-state index contributed by atoms with van der Waals surface area (Å²) in [6.07, 6.45) is 0. The fourth-order valence-electron chi connectivity index (χ4n) is 1.57. The number of aryl methyl sites for hydroxylation is 1. The molecular formula is C13H10FNO5S. The lowest BCUT2D eigenvalue weighted by molar-refractivity contribution is -0.387. The first-order chi connectivity index (χ1) is 9.79. The van der Waals surface area contributed by atoms with Crippen LogP contribution in [0, 0.1) is 22.9 Å². The van der Waals surface area contributed by atoms with E-state index in [1.54, 1.807) is 19.1 Å². The van der Waals surface area contributed by atoms with Gasteiger partial charge in [0.2, 0.25) is 5.82 Å². The van der Waals surface area contributed by atoms with Gasteiger partial charge < -0.3 is 4.18 Å². The monoisotopic (exact) mass is 311 g/mol.